The van der Waals surface area contributed by atoms with Gasteiger partial charge in [0.05, 0.1) is 0 Å². The minimum atomic E-state index is -0.177. The van der Waals surface area contributed by atoms with Gasteiger partial charge in [0.15, 0.2) is 0 Å². The van der Waals surface area contributed by atoms with Crippen LogP contribution in [0.5, 0.6) is 5.75 Å². The zero-order chi connectivity index (χ0) is 13.8. The molecule has 0 fully saturated rings. The summed E-state index contributed by atoms with van der Waals surface area (Å²) in [7, 11) is 0. The van der Waals surface area contributed by atoms with Crippen LogP contribution in [0.1, 0.15) is 21.5 Å². The van der Waals surface area contributed by atoms with Gasteiger partial charge in [-0.25, -0.2) is 0 Å². The summed E-state index contributed by atoms with van der Waals surface area (Å²) in [5, 5.41) is 12.7. The van der Waals surface area contributed by atoms with Gasteiger partial charge in [0.2, 0.25) is 0 Å². The Balaban J connectivity index is 2.08. The van der Waals surface area contributed by atoms with Gasteiger partial charge in [0.25, 0.3) is 5.91 Å². The van der Waals surface area contributed by atoms with Gasteiger partial charge in [-0.05, 0) is 42.3 Å². The van der Waals surface area contributed by atoms with E-state index >= 15 is 0 Å². The molecule has 0 saturated carbocycles. The lowest BCUT2D eigenvalue weighted by atomic mass is 10.1. The van der Waals surface area contributed by atoms with Crippen molar-refractivity contribution in [2.24, 2.45) is 0 Å². The number of rotatable bonds is 3. The fourth-order valence-electron chi connectivity index (χ4n) is 1.80. The Labute approximate surface area is 116 Å². The molecule has 0 radical (unpaired) electrons. The SMILES string of the molecule is Cc1c(Cl)cccc1C(=O)NCc1cccc(O)c1. The van der Waals surface area contributed by atoms with Gasteiger partial charge in [0.1, 0.15) is 5.75 Å². The summed E-state index contributed by atoms with van der Waals surface area (Å²) in [6.07, 6.45) is 0. The van der Waals surface area contributed by atoms with E-state index in [1.807, 2.05) is 13.0 Å². The van der Waals surface area contributed by atoms with E-state index in [-0.39, 0.29) is 11.7 Å². The molecule has 2 aromatic rings. The van der Waals surface area contributed by atoms with Crippen LogP contribution in [0.25, 0.3) is 0 Å². The predicted molar refractivity (Wildman–Crippen MR) is 75.5 cm³/mol. The minimum Gasteiger partial charge on any atom is -0.508 e. The minimum absolute atomic E-state index is 0.177. The Bertz CT molecular complexity index is 611. The number of carbonyl (C=O) groups excluding carboxylic acids is 1. The van der Waals surface area contributed by atoms with Gasteiger partial charge in [-0.15, -0.1) is 0 Å². The first kappa shape index (κ1) is 13.4. The Morgan fingerprint density at radius 2 is 2.00 bits per heavy atom. The van der Waals surface area contributed by atoms with Crippen LogP contribution in [-0.2, 0) is 6.54 Å². The van der Waals surface area contributed by atoms with E-state index in [9.17, 15) is 9.90 Å². The molecule has 0 heterocycles. The molecule has 19 heavy (non-hydrogen) atoms. The highest BCUT2D eigenvalue weighted by Crippen LogP contribution is 2.18. The molecule has 0 aliphatic carbocycles. The highest BCUT2D eigenvalue weighted by atomic mass is 35.5. The van der Waals surface area contributed by atoms with Crippen molar-refractivity contribution in [3.8, 4) is 5.75 Å². The van der Waals surface area contributed by atoms with Crippen LogP contribution in [0, 0.1) is 6.92 Å². The van der Waals surface area contributed by atoms with Crippen LogP contribution in [0.3, 0.4) is 0 Å². The van der Waals surface area contributed by atoms with E-state index < -0.39 is 0 Å². The quantitative estimate of drug-likeness (QED) is 0.903. The summed E-state index contributed by atoms with van der Waals surface area (Å²) in [4.78, 5) is 12.0. The fourth-order valence-corrected chi connectivity index (χ4v) is 1.97. The fraction of sp³-hybridized carbons (Fsp3) is 0.133. The molecule has 0 aliphatic rings. The summed E-state index contributed by atoms with van der Waals surface area (Å²) in [6.45, 7) is 2.17. The monoisotopic (exact) mass is 275 g/mol. The molecule has 0 aliphatic heterocycles. The average Bonchev–Trinajstić information content (AvgIpc) is 2.39. The van der Waals surface area contributed by atoms with Crippen LogP contribution < -0.4 is 5.32 Å². The highest BCUT2D eigenvalue weighted by Gasteiger charge is 2.10. The van der Waals surface area contributed by atoms with E-state index in [0.717, 1.165) is 11.1 Å². The van der Waals surface area contributed by atoms with Crippen molar-refractivity contribution in [3.63, 3.8) is 0 Å². The molecular formula is C15H14ClNO2. The van der Waals surface area contributed by atoms with Crippen molar-refractivity contribution in [1.29, 1.82) is 0 Å². The third kappa shape index (κ3) is 3.26. The van der Waals surface area contributed by atoms with Crippen LogP contribution in [-0.4, -0.2) is 11.0 Å². The topological polar surface area (TPSA) is 49.3 Å². The van der Waals surface area contributed by atoms with Gasteiger partial charge >= 0.3 is 0 Å². The molecule has 0 spiro atoms. The number of aromatic hydroxyl groups is 1. The van der Waals surface area contributed by atoms with Crippen LogP contribution in [0.2, 0.25) is 5.02 Å². The molecule has 2 aromatic carbocycles. The molecule has 0 aromatic heterocycles. The first-order chi connectivity index (χ1) is 9.08. The Morgan fingerprint density at radius 1 is 1.26 bits per heavy atom. The third-order valence-corrected chi connectivity index (χ3v) is 3.29. The van der Waals surface area contributed by atoms with Crippen molar-refractivity contribution in [2.45, 2.75) is 13.5 Å². The van der Waals surface area contributed by atoms with Crippen molar-refractivity contribution in [1.82, 2.24) is 5.32 Å². The second-order valence-corrected chi connectivity index (χ2v) is 4.67. The van der Waals surface area contributed by atoms with Crippen molar-refractivity contribution >= 4 is 17.5 Å². The number of hydrogen-bond donors (Lipinski definition) is 2. The van der Waals surface area contributed by atoms with Crippen molar-refractivity contribution in [2.75, 3.05) is 0 Å². The van der Waals surface area contributed by atoms with Gasteiger partial charge in [-0.1, -0.05) is 29.8 Å². The lowest BCUT2D eigenvalue weighted by molar-refractivity contribution is 0.0950. The molecule has 4 heteroatoms. The predicted octanol–water partition coefficient (Wildman–Crippen LogP) is 3.28. The first-order valence-corrected chi connectivity index (χ1v) is 6.27. The standard InChI is InChI=1S/C15H14ClNO2/c1-10-13(6-3-7-14(10)16)15(19)17-9-11-4-2-5-12(18)8-11/h2-8,18H,9H2,1H3,(H,17,19). The highest BCUT2D eigenvalue weighted by molar-refractivity contribution is 6.31. The Hall–Kier alpha value is -2.00. The van der Waals surface area contributed by atoms with Gasteiger partial charge in [0, 0.05) is 17.1 Å². The van der Waals surface area contributed by atoms with Crippen LogP contribution in [0.4, 0.5) is 0 Å². The van der Waals surface area contributed by atoms with E-state index in [4.69, 9.17) is 11.6 Å². The molecule has 0 atom stereocenters. The number of halogens is 1. The molecule has 1 amide bonds. The molecule has 2 rings (SSSR count). The molecule has 0 saturated heterocycles. The third-order valence-electron chi connectivity index (χ3n) is 2.88. The number of amides is 1. The molecule has 0 unspecified atom stereocenters. The van der Waals surface area contributed by atoms with E-state index in [1.54, 1.807) is 36.4 Å². The number of hydrogen-bond acceptors (Lipinski definition) is 2. The number of carbonyl (C=O) groups is 1. The van der Waals surface area contributed by atoms with Gasteiger partial charge < -0.3 is 10.4 Å². The zero-order valence-electron chi connectivity index (χ0n) is 10.5. The molecule has 2 N–H and O–H groups in total. The summed E-state index contributed by atoms with van der Waals surface area (Å²) in [5.74, 6) is 0.00836. The van der Waals surface area contributed by atoms with E-state index in [1.165, 1.54) is 0 Å². The van der Waals surface area contributed by atoms with E-state index in [0.29, 0.717) is 17.1 Å². The zero-order valence-corrected chi connectivity index (χ0v) is 11.2. The number of phenolic OH excluding ortho intramolecular Hbond substituents is 1. The normalized spacial score (nSPS) is 10.2. The smallest absolute Gasteiger partial charge is 0.251 e. The molecule has 98 valence electrons. The molecule has 0 bridgehead atoms. The summed E-state index contributed by atoms with van der Waals surface area (Å²) in [6, 6.07) is 12.0. The summed E-state index contributed by atoms with van der Waals surface area (Å²) < 4.78 is 0. The maximum Gasteiger partial charge on any atom is 0.251 e. The first-order valence-electron chi connectivity index (χ1n) is 5.89. The molecule has 3 nitrogen and oxygen atoms in total. The van der Waals surface area contributed by atoms with Crippen LogP contribution >= 0.6 is 11.6 Å². The second-order valence-electron chi connectivity index (χ2n) is 4.26. The largest absolute Gasteiger partial charge is 0.508 e. The lowest BCUT2D eigenvalue weighted by Gasteiger charge is -2.09. The number of nitrogens with one attached hydrogen (secondary N) is 1. The number of benzene rings is 2. The van der Waals surface area contributed by atoms with Gasteiger partial charge in [-0.2, -0.15) is 0 Å². The average molecular weight is 276 g/mol. The maximum absolute atomic E-state index is 12.0. The number of phenols is 1. The lowest BCUT2D eigenvalue weighted by Crippen LogP contribution is -2.23. The van der Waals surface area contributed by atoms with Crippen LogP contribution in [0.15, 0.2) is 42.5 Å². The van der Waals surface area contributed by atoms with Crippen molar-refractivity contribution in [3.05, 3.63) is 64.2 Å². The maximum atomic E-state index is 12.0. The van der Waals surface area contributed by atoms with E-state index in [2.05, 4.69) is 5.32 Å². The summed E-state index contributed by atoms with van der Waals surface area (Å²) in [5.41, 5.74) is 2.17. The molecular weight excluding hydrogens is 262 g/mol. The Morgan fingerprint density at radius 3 is 2.74 bits per heavy atom. The Kier molecular flexibility index (Phi) is 4.07. The second kappa shape index (κ2) is 5.76. The van der Waals surface area contributed by atoms with Gasteiger partial charge in [-0.3, -0.25) is 4.79 Å². The van der Waals surface area contributed by atoms with Crippen molar-refractivity contribution < 1.29 is 9.90 Å². The summed E-state index contributed by atoms with van der Waals surface area (Å²) >= 11 is 5.98.